The van der Waals surface area contributed by atoms with Gasteiger partial charge in [0.15, 0.2) is 0 Å². The quantitative estimate of drug-likeness (QED) is 0.586. The van der Waals surface area contributed by atoms with Crippen LogP contribution < -0.4 is 0 Å². The second-order valence-corrected chi connectivity index (χ2v) is 6.31. The van der Waals surface area contributed by atoms with Crippen molar-refractivity contribution in [3.63, 3.8) is 0 Å². The minimum Gasteiger partial charge on any atom is -0.475 e. The van der Waals surface area contributed by atoms with Crippen molar-refractivity contribution in [2.45, 2.75) is 17.7 Å². The lowest BCUT2D eigenvalue weighted by Crippen LogP contribution is -1.91. The highest BCUT2D eigenvalue weighted by molar-refractivity contribution is 7.98. The molecule has 3 aromatic heterocycles. The Balaban J connectivity index is 1.81. The van der Waals surface area contributed by atoms with Gasteiger partial charge < -0.3 is 9.52 Å². The molecule has 0 unspecified atom stereocenters. The number of carboxylic acid groups (broad SMARTS) is 1. The highest BCUT2D eigenvalue weighted by Crippen LogP contribution is 2.32. The summed E-state index contributed by atoms with van der Waals surface area (Å²) in [6.45, 7) is 2.03. The van der Waals surface area contributed by atoms with E-state index in [9.17, 15) is 4.79 Å². The van der Waals surface area contributed by atoms with Crippen LogP contribution in [-0.4, -0.2) is 21.0 Å². The first kappa shape index (κ1) is 13.1. The second kappa shape index (κ2) is 5.26. The summed E-state index contributed by atoms with van der Waals surface area (Å²) >= 11 is 3.14. The lowest BCUT2D eigenvalue weighted by atomic mass is 10.4. The third-order valence-electron chi connectivity index (χ3n) is 2.64. The molecular weight excluding hydrogens is 296 g/mol. The van der Waals surface area contributed by atoms with Crippen LogP contribution in [0.5, 0.6) is 0 Å². The number of thiophene rings is 1. The fraction of sp³-hybridized carbons (Fsp3) is 0.154. The van der Waals surface area contributed by atoms with Gasteiger partial charge in [-0.05, 0) is 25.1 Å². The maximum atomic E-state index is 10.7. The largest absolute Gasteiger partial charge is 0.475 e. The van der Waals surface area contributed by atoms with E-state index in [1.54, 1.807) is 23.7 Å². The molecule has 0 aliphatic heterocycles. The molecule has 1 N–H and O–H groups in total. The average molecular weight is 306 g/mol. The number of hydrogen-bond acceptors (Lipinski definition) is 6. The number of fused-ring (bicyclic) bond motifs is 1. The highest BCUT2D eigenvalue weighted by Gasteiger charge is 2.11. The smallest absolute Gasteiger partial charge is 0.371 e. The standard InChI is InChI=1S/C13H10N2O3S2/c1-7-4-9-11(14-6-15-12(9)20-7)19-5-8-2-3-10(18-8)13(16)17/h2-4,6H,5H2,1H3,(H,16,17). The van der Waals surface area contributed by atoms with Crippen molar-refractivity contribution in [2.75, 3.05) is 0 Å². The van der Waals surface area contributed by atoms with Crippen LogP contribution in [0.25, 0.3) is 10.2 Å². The number of hydrogen-bond donors (Lipinski definition) is 1. The van der Waals surface area contributed by atoms with Crippen LogP contribution in [0, 0.1) is 6.92 Å². The van der Waals surface area contributed by atoms with Gasteiger partial charge in [0.1, 0.15) is 21.9 Å². The highest BCUT2D eigenvalue weighted by atomic mass is 32.2. The predicted molar refractivity (Wildman–Crippen MR) is 77.4 cm³/mol. The Morgan fingerprint density at radius 2 is 2.30 bits per heavy atom. The monoisotopic (exact) mass is 306 g/mol. The van der Waals surface area contributed by atoms with Crippen molar-refractivity contribution in [1.82, 2.24) is 9.97 Å². The van der Waals surface area contributed by atoms with E-state index in [-0.39, 0.29) is 5.76 Å². The van der Waals surface area contributed by atoms with Gasteiger partial charge >= 0.3 is 5.97 Å². The molecule has 0 atom stereocenters. The summed E-state index contributed by atoms with van der Waals surface area (Å²) in [5, 5.41) is 10.7. The maximum Gasteiger partial charge on any atom is 0.371 e. The second-order valence-electron chi connectivity index (χ2n) is 4.11. The molecule has 0 aliphatic rings. The molecule has 0 amide bonds. The van der Waals surface area contributed by atoms with E-state index in [1.807, 2.05) is 6.92 Å². The molecule has 102 valence electrons. The van der Waals surface area contributed by atoms with Gasteiger partial charge in [-0.3, -0.25) is 0 Å². The zero-order valence-electron chi connectivity index (χ0n) is 10.5. The van der Waals surface area contributed by atoms with Crippen LogP contribution in [-0.2, 0) is 5.75 Å². The fourth-order valence-corrected chi connectivity index (χ4v) is 3.56. The molecular formula is C13H10N2O3S2. The van der Waals surface area contributed by atoms with Crippen molar-refractivity contribution in [3.05, 3.63) is 40.9 Å². The molecule has 0 saturated carbocycles. The first-order valence-electron chi connectivity index (χ1n) is 5.79. The van der Waals surface area contributed by atoms with Crippen LogP contribution in [0.1, 0.15) is 21.2 Å². The van der Waals surface area contributed by atoms with Crippen LogP contribution >= 0.6 is 23.1 Å². The van der Waals surface area contributed by atoms with E-state index in [0.29, 0.717) is 11.5 Å². The zero-order chi connectivity index (χ0) is 14.1. The fourth-order valence-electron chi connectivity index (χ4n) is 1.78. The Kier molecular flexibility index (Phi) is 3.45. The lowest BCUT2D eigenvalue weighted by Gasteiger charge is -1.99. The summed E-state index contributed by atoms with van der Waals surface area (Å²) in [7, 11) is 0. The number of aromatic carboxylic acids is 1. The molecule has 5 nitrogen and oxygen atoms in total. The molecule has 0 aromatic carbocycles. The van der Waals surface area contributed by atoms with Gasteiger partial charge in [-0.2, -0.15) is 0 Å². The van der Waals surface area contributed by atoms with Gasteiger partial charge in [-0.25, -0.2) is 14.8 Å². The van der Waals surface area contributed by atoms with Crippen molar-refractivity contribution in [1.29, 1.82) is 0 Å². The van der Waals surface area contributed by atoms with E-state index >= 15 is 0 Å². The first-order chi connectivity index (χ1) is 9.63. The minimum atomic E-state index is -1.06. The van der Waals surface area contributed by atoms with Crippen LogP contribution in [0.15, 0.2) is 34.0 Å². The van der Waals surface area contributed by atoms with Crippen LogP contribution in [0.2, 0.25) is 0 Å². The third-order valence-corrected chi connectivity index (χ3v) is 4.63. The normalized spacial score (nSPS) is 11.1. The van der Waals surface area contributed by atoms with Crippen LogP contribution in [0.3, 0.4) is 0 Å². The minimum absolute atomic E-state index is 0.0418. The number of furan rings is 1. The molecule has 3 aromatic rings. The predicted octanol–water partition coefficient (Wildman–Crippen LogP) is 3.58. The Hall–Kier alpha value is -1.86. The summed E-state index contributed by atoms with van der Waals surface area (Å²) in [6, 6.07) is 5.20. The van der Waals surface area contributed by atoms with Crippen molar-refractivity contribution in [2.24, 2.45) is 0 Å². The molecule has 7 heteroatoms. The van der Waals surface area contributed by atoms with E-state index in [2.05, 4.69) is 16.0 Å². The molecule has 0 fully saturated rings. The molecule has 0 spiro atoms. The number of carboxylic acids is 1. The van der Waals surface area contributed by atoms with Gasteiger partial charge in [0, 0.05) is 10.3 Å². The lowest BCUT2D eigenvalue weighted by molar-refractivity contribution is 0.0661. The van der Waals surface area contributed by atoms with Gasteiger partial charge in [0.2, 0.25) is 5.76 Å². The molecule has 0 saturated heterocycles. The summed E-state index contributed by atoms with van der Waals surface area (Å²) in [5.41, 5.74) is 0. The topological polar surface area (TPSA) is 76.2 Å². The van der Waals surface area contributed by atoms with Gasteiger partial charge in [-0.1, -0.05) is 11.8 Å². The molecule has 3 heterocycles. The zero-order valence-corrected chi connectivity index (χ0v) is 12.1. The van der Waals surface area contributed by atoms with E-state index < -0.39 is 5.97 Å². The maximum absolute atomic E-state index is 10.7. The third kappa shape index (κ3) is 2.54. The summed E-state index contributed by atoms with van der Waals surface area (Å²) in [6.07, 6.45) is 1.55. The van der Waals surface area contributed by atoms with Gasteiger partial charge in [0.25, 0.3) is 0 Å². The van der Waals surface area contributed by atoms with Crippen molar-refractivity contribution < 1.29 is 14.3 Å². The molecule has 3 rings (SSSR count). The van der Waals surface area contributed by atoms with E-state index in [1.165, 1.54) is 22.7 Å². The Labute approximate surface area is 122 Å². The number of thioether (sulfide) groups is 1. The summed E-state index contributed by atoms with van der Waals surface area (Å²) in [5.74, 6) is 0.0546. The van der Waals surface area contributed by atoms with Crippen molar-refractivity contribution in [3.8, 4) is 0 Å². The Bertz CT molecular complexity index is 779. The first-order valence-corrected chi connectivity index (χ1v) is 7.59. The molecule has 20 heavy (non-hydrogen) atoms. The molecule has 0 bridgehead atoms. The van der Waals surface area contributed by atoms with Gasteiger partial charge in [0.05, 0.1) is 5.75 Å². The van der Waals surface area contributed by atoms with Gasteiger partial charge in [-0.15, -0.1) is 11.3 Å². The molecule has 0 aliphatic carbocycles. The number of aromatic nitrogens is 2. The summed E-state index contributed by atoms with van der Waals surface area (Å²) < 4.78 is 5.22. The Morgan fingerprint density at radius 3 is 3.05 bits per heavy atom. The number of rotatable bonds is 4. The van der Waals surface area contributed by atoms with E-state index in [4.69, 9.17) is 9.52 Å². The summed E-state index contributed by atoms with van der Waals surface area (Å²) in [4.78, 5) is 21.4. The molecule has 0 radical (unpaired) electrons. The average Bonchev–Trinajstić information content (AvgIpc) is 3.01. The van der Waals surface area contributed by atoms with Crippen molar-refractivity contribution >= 4 is 39.3 Å². The Morgan fingerprint density at radius 1 is 1.45 bits per heavy atom. The number of aryl methyl sites for hydroxylation is 1. The number of carbonyl (C=O) groups is 1. The SMILES string of the molecule is Cc1cc2c(SCc3ccc(C(=O)O)o3)ncnc2s1. The number of nitrogens with zero attached hydrogens (tertiary/aromatic N) is 2. The van der Waals surface area contributed by atoms with E-state index in [0.717, 1.165) is 15.2 Å². The van der Waals surface area contributed by atoms with Crippen LogP contribution in [0.4, 0.5) is 0 Å².